The molecular weight excluding hydrogens is 318 g/mol. The molecule has 21 heavy (non-hydrogen) atoms. The Balaban J connectivity index is 2.48. The number of aromatic nitrogens is 2. The van der Waals surface area contributed by atoms with Gasteiger partial charge in [0.25, 0.3) is 0 Å². The second-order valence-electron chi connectivity index (χ2n) is 4.51. The Morgan fingerprint density at radius 2 is 1.86 bits per heavy atom. The third-order valence-electron chi connectivity index (χ3n) is 3.19. The average Bonchev–Trinajstić information content (AvgIpc) is 2.89. The van der Waals surface area contributed by atoms with E-state index in [1.807, 2.05) is 0 Å². The molecule has 1 aliphatic heterocycles. The largest absolute Gasteiger partial charge is 0.394 e. The SMILES string of the molecule is NC(=S)c1nn(C2O[C@H](CO)[C@@H](O)[C@H]2O)c(N)c1C(N)=S. The molecule has 2 heterocycles. The lowest BCUT2D eigenvalue weighted by atomic mass is 10.1. The van der Waals surface area contributed by atoms with Crippen LogP contribution in [0.2, 0.25) is 0 Å². The van der Waals surface area contributed by atoms with Crippen LogP contribution in [0.1, 0.15) is 17.5 Å². The Bertz CT molecular complexity index is 592. The number of hydrogen-bond donors (Lipinski definition) is 6. The van der Waals surface area contributed by atoms with Crippen LogP contribution in [0, 0.1) is 0 Å². The van der Waals surface area contributed by atoms with Crippen LogP contribution >= 0.6 is 24.4 Å². The minimum absolute atomic E-state index is 0.000129. The zero-order chi connectivity index (χ0) is 15.9. The minimum atomic E-state index is -1.34. The van der Waals surface area contributed by atoms with E-state index in [2.05, 4.69) is 5.10 Å². The summed E-state index contributed by atoms with van der Waals surface area (Å²) in [6.45, 7) is -0.472. The maximum absolute atomic E-state index is 9.98. The summed E-state index contributed by atoms with van der Waals surface area (Å²) in [5, 5.41) is 32.9. The fourth-order valence-electron chi connectivity index (χ4n) is 2.14. The lowest BCUT2D eigenvalue weighted by Crippen LogP contribution is -2.33. The van der Waals surface area contributed by atoms with Crippen molar-refractivity contribution in [3.05, 3.63) is 11.3 Å². The van der Waals surface area contributed by atoms with Crippen LogP contribution in [0.4, 0.5) is 5.82 Å². The van der Waals surface area contributed by atoms with Crippen molar-refractivity contribution in [2.45, 2.75) is 24.5 Å². The monoisotopic (exact) mass is 333 g/mol. The number of aliphatic hydroxyl groups excluding tert-OH is 3. The molecule has 1 aromatic heterocycles. The Morgan fingerprint density at radius 1 is 1.24 bits per heavy atom. The van der Waals surface area contributed by atoms with Crippen molar-refractivity contribution in [1.82, 2.24) is 9.78 Å². The molecule has 0 bridgehead atoms. The van der Waals surface area contributed by atoms with Crippen LogP contribution in [0.3, 0.4) is 0 Å². The molecule has 116 valence electrons. The summed E-state index contributed by atoms with van der Waals surface area (Å²) >= 11 is 9.73. The number of anilines is 1. The second-order valence-corrected chi connectivity index (χ2v) is 5.39. The van der Waals surface area contributed by atoms with E-state index in [0.29, 0.717) is 0 Å². The van der Waals surface area contributed by atoms with Crippen LogP contribution < -0.4 is 17.2 Å². The lowest BCUT2D eigenvalue weighted by molar-refractivity contribution is -0.0574. The maximum atomic E-state index is 9.98. The molecule has 1 unspecified atom stereocenters. The van der Waals surface area contributed by atoms with Gasteiger partial charge in [0, 0.05) is 0 Å². The topological polar surface area (TPSA) is 166 Å². The highest BCUT2D eigenvalue weighted by Crippen LogP contribution is 2.32. The Kier molecular flexibility index (Phi) is 4.41. The van der Waals surface area contributed by atoms with Crippen molar-refractivity contribution in [3.8, 4) is 0 Å². The summed E-state index contributed by atoms with van der Waals surface area (Å²) in [7, 11) is 0. The van der Waals surface area contributed by atoms with Gasteiger partial charge in [-0.2, -0.15) is 5.10 Å². The van der Waals surface area contributed by atoms with E-state index in [0.717, 1.165) is 4.68 Å². The predicted octanol–water partition coefficient (Wildman–Crippen LogP) is -2.65. The molecule has 0 spiro atoms. The number of aliphatic hydroxyl groups is 3. The van der Waals surface area contributed by atoms with Crippen LogP contribution in [-0.2, 0) is 4.74 Å². The van der Waals surface area contributed by atoms with Gasteiger partial charge in [0.05, 0.1) is 12.2 Å². The summed E-state index contributed by atoms with van der Waals surface area (Å²) in [5.74, 6) is 0.000129. The molecule has 1 aromatic rings. The molecule has 9 N–H and O–H groups in total. The number of nitrogens with zero attached hydrogens (tertiary/aromatic N) is 2. The highest BCUT2D eigenvalue weighted by Gasteiger charge is 2.45. The summed E-state index contributed by atoms with van der Waals surface area (Å²) in [6, 6.07) is 0. The molecule has 11 heteroatoms. The average molecular weight is 333 g/mol. The zero-order valence-corrected chi connectivity index (χ0v) is 12.3. The molecule has 2 rings (SSSR count). The maximum Gasteiger partial charge on any atom is 0.181 e. The number of thiocarbonyl (C=S) groups is 2. The summed E-state index contributed by atoms with van der Waals surface area (Å²) in [6.07, 6.45) is -4.71. The first-order valence-electron chi connectivity index (χ1n) is 5.89. The van der Waals surface area contributed by atoms with Gasteiger partial charge in [0.1, 0.15) is 39.8 Å². The van der Waals surface area contributed by atoms with E-state index in [9.17, 15) is 10.2 Å². The van der Waals surface area contributed by atoms with Crippen LogP contribution in [0.25, 0.3) is 0 Å². The normalized spacial score (nSPS) is 28.7. The van der Waals surface area contributed by atoms with E-state index in [4.69, 9.17) is 51.5 Å². The van der Waals surface area contributed by atoms with Crippen LogP contribution in [0.15, 0.2) is 0 Å². The van der Waals surface area contributed by atoms with Crippen LogP contribution in [-0.4, -0.2) is 60.0 Å². The fourth-order valence-corrected chi connectivity index (χ4v) is 2.48. The Hall–Kier alpha value is -1.37. The van der Waals surface area contributed by atoms with Gasteiger partial charge in [-0.15, -0.1) is 0 Å². The third-order valence-corrected chi connectivity index (χ3v) is 3.58. The first-order valence-corrected chi connectivity index (χ1v) is 6.71. The first kappa shape index (κ1) is 16.0. The molecule has 1 aliphatic rings. The van der Waals surface area contributed by atoms with Gasteiger partial charge in [-0.1, -0.05) is 24.4 Å². The summed E-state index contributed by atoms with van der Waals surface area (Å²) < 4.78 is 6.42. The van der Waals surface area contributed by atoms with Crippen molar-refractivity contribution in [2.24, 2.45) is 11.5 Å². The molecular formula is C10H15N5O4S2. The van der Waals surface area contributed by atoms with Gasteiger partial charge in [-0.05, 0) is 0 Å². The molecule has 9 nitrogen and oxygen atoms in total. The smallest absolute Gasteiger partial charge is 0.181 e. The van der Waals surface area contributed by atoms with E-state index < -0.39 is 31.1 Å². The Morgan fingerprint density at radius 3 is 2.24 bits per heavy atom. The van der Waals surface area contributed by atoms with Crippen molar-refractivity contribution in [2.75, 3.05) is 12.3 Å². The summed E-state index contributed by atoms with van der Waals surface area (Å²) in [4.78, 5) is -0.136. The standard InChI is InChI=1S/C10H15N5O4S2/c11-7-3(8(12)20)4(9(13)21)14-15(7)10-6(18)5(17)2(1-16)19-10/h2,5-6,10,16-18H,1,11H2,(H2,12,20)(H2,13,21)/t2-,5-,6-,10?/m1/s1. The number of nitrogen functional groups attached to an aromatic ring is 1. The number of rotatable bonds is 4. The van der Waals surface area contributed by atoms with Crippen molar-refractivity contribution >= 4 is 40.2 Å². The highest BCUT2D eigenvalue weighted by atomic mass is 32.1. The highest BCUT2D eigenvalue weighted by molar-refractivity contribution is 7.81. The lowest BCUT2D eigenvalue weighted by Gasteiger charge is -2.16. The van der Waals surface area contributed by atoms with E-state index >= 15 is 0 Å². The van der Waals surface area contributed by atoms with E-state index in [1.165, 1.54) is 0 Å². The van der Waals surface area contributed by atoms with Gasteiger partial charge in [-0.3, -0.25) is 0 Å². The number of ether oxygens (including phenoxy) is 1. The molecule has 0 aliphatic carbocycles. The van der Waals surface area contributed by atoms with Crippen LogP contribution in [0.5, 0.6) is 0 Å². The predicted molar refractivity (Wildman–Crippen MR) is 81.4 cm³/mol. The number of hydrogen-bond acceptors (Lipinski definition) is 8. The Labute approximate surface area is 130 Å². The molecule has 1 saturated heterocycles. The second kappa shape index (κ2) is 5.79. The molecule has 4 atom stereocenters. The van der Waals surface area contributed by atoms with Gasteiger partial charge in [0.15, 0.2) is 6.23 Å². The van der Waals surface area contributed by atoms with Gasteiger partial charge < -0.3 is 37.3 Å². The van der Waals surface area contributed by atoms with E-state index in [-0.39, 0.29) is 27.1 Å². The quantitative estimate of drug-likeness (QED) is 0.320. The zero-order valence-electron chi connectivity index (χ0n) is 10.7. The van der Waals surface area contributed by atoms with Gasteiger partial charge in [-0.25, -0.2) is 4.68 Å². The van der Waals surface area contributed by atoms with Gasteiger partial charge >= 0.3 is 0 Å². The number of nitrogens with two attached hydrogens (primary N) is 3. The fraction of sp³-hybridized carbons (Fsp3) is 0.500. The first-order chi connectivity index (χ1) is 9.79. The van der Waals surface area contributed by atoms with E-state index in [1.54, 1.807) is 0 Å². The van der Waals surface area contributed by atoms with Crippen molar-refractivity contribution in [1.29, 1.82) is 0 Å². The molecule has 0 aromatic carbocycles. The third kappa shape index (κ3) is 2.59. The molecule has 0 amide bonds. The van der Waals surface area contributed by atoms with Crippen molar-refractivity contribution < 1.29 is 20.1 Å². The summed E-state index contributed by atoms with van der Waals surface area (Å²) in [5.41, 5.74) is 17.3. The molecule has 1 fully saturated rings. The molecule has 0 saturated carbocycles. The molecule has 0 radical (unpaired) electrons. The van der Waals surface area contributed by atoms with Crippen molar-refractivity contribution in [3.63, 3.8) is 0 Å². The minimum Gasteiger partial charge on any atom is -0.394 e. The van der Waals surface area contributed by atoms with Gasteiger partial charge in [0.2, 0.25) is 0 Å².